The number of esters is 2. The van der Waals surface area contributed by atoms with Gasteiger partial charge in [-0.2, -0.15) is 10.5 Å². The number of hydrogen-bond donors (Lipinski definition) is 2. The predicted molar refractivity (Wildman–Crippen MR) is 278 cm³/mol. The van der Waals surface area contributed by atoms with Crippen molar-refractivity contribution in [1.82, 2.24) is 9.80 Å². The molecule has 0 unspecified atom stereocenters. The van der Waals surface area contributed by atoms with Gasteiger partial charge in [-0.25, -0.2) is 27.2 Å². The Morgan fingerprint density at radius 2 is 0.921 bits per heavy atom. The zero-order chi connectivity index (χ0) is 54.6. The molecule has 0 saturated carbocycles. The van der Waals surface area contributed by atoms with Gasteiger partial charge in [0.2, 0.25) is 0 Å². The third kappa shape index (κ3) is 12.4. The zero-order valence-electron chi connectivity index (χ0n) is 42.3. The lowest BCUT2D eigenvalue weighted by molar-refractivity contribution is -0.153. The highest BCUT2D eigenvalue weighted by atomic mass is 19.1. The lowest BCUT2D eigenvalue weighted by Gasteiger charge is -2.25. The number of benzene rings is 6. The van der Waals surface area contributed by atoms with E-state index >= 15 is 8.78 Å². The second kappa shape index (κ2) is 22.2. The highest BCUT2D eigenvalue weighted by Gasteiger charge is 2.30. The average Bonchev–Trinajstić information content (AvgIpc) is 4.02. The fraction of sp³-hybridized carbons (Fsp3) is 0.267. The van der Waals surface area contributed by atoms with Crippen molar-refractivity contribution in [3.63, 3.8) is 0 Å². The van der Waals surface area contributed by atoms with Crippen LogP contribution in [0, 0.1) is 45.9 Å². The number of carbonyl (C=O) groups is 4. The summed E-state index contributed by atoms with van der Waals surface area (Å²) < 4.78 is 73.5. The number of nitrogens with zero attached hydrogens (tertiary/aromatic N) is 4. The number of rotatable bonds is 14. The van der Waals surface area contributed by atoms with E-state index in [1.807, 2.05) is 0 Å². The number of hydrogen-bond acceptors (Lipinski definition) is 10. The fourth-order valence-electron chi connectivity index (χ4n) is 9.74. The van der Waals surface area contributed by atoms with Crippen LogP contribution in [0.2, 0.25) is 0 Å². The quantitative estimate of drug-likeness (QED) is 0.0603. The summed E-state index contributed by atoms with van der Waals surface area (Å²) >= 11 is 0. The summed E-state index contributed by atoms with van der Waals surface area (Å²) in [5.74, 6) is -5.11. The molecule has 16 heteroatoms. The topological polar surface area (TPSA) is 193 Å². The van der Waals surface area contributed by atoms with Crippen LogP contribution in [0.15, 0.2) is 121 Å². The molecule has 2 amide bonds. The van der Waals surface area contributed by atoms with Gasteiger partial charge in [-0.15, -0.1) is 0 Å². The second-order valence-corrected chi connectivity index (χ2v) is 20.4. The summed E-state index contributed by atoms with van der Waals surface area (Å²) in [5, 5.41) is 18.6. The molecule has 0 aliphatic carbocycles. The maximum absolute atomic E-state index is 16.2. The Labute approximate surface area is 437 Å². The Hall–Kier alpha value is -8.44. The molecule has 6 aromatic carbocycles. The number of carbonyl (C=O) groups excluding carboxylic acids is 4. The third-order valence-electron chi connectivity index (χ3n) is 13.4. The van der Waals surface area contributed by atoms with Gasteiger partial charge in [0.05, 0.1) is 11.1 Å². The predicted octanol–water partition coefficient (Wildman–Crippen LogP) is 9.99. The van der Waals surface area contributed by atoms with Crippen LogP contribution in [0.5, 0.6) is 0 Å². The summed E-state index contributed by atoms with van der Waals surface area (Å²) in [5.41, 5.74) is 13.3. The van der Waals surface area contributed by atoms with Crippen molar-refractivity contribution in [2.24, 2.45) is 11.5 Å². The minimum atomic E-state index is -1.19. The van der Waals surface area contributed by atoms with Crippen molar-refractivity contribution in [2.45, 2.75) is 76.7 Å². The van der Waals surface area contributed by atoms with Gasteiger partial charge in [-0.1, -0.05) is 48.5 Å². The molecule has 0 spiro atoms. The van der Waals surface area contributed by atoms with E-state index < -0.39 is 46.4 Å². The standard InChI is InChI=1S/C60H54F4N6O6/c1-59(2,29-35-5-13-47(53(63)23-35)45-15-11-39(57(73)69-21-19-43(67)33-69)25-49(45)37-7-9-41(31-65)51(61)27-37)75-55(71)17-18-56(72)76-60(3,4)30-36-6-14-48(54(64)24-36)46-16-12-40(58(74)70-22-20-44(68)34-70)26-50(46)38-8-10-42(32-66)52(62)28-38/h5-18,23-28,43-44H,19-22,29-30,33-34,67-68H2,1-4H3/b18-17-/t43-,44-/m0/s1. The van der Waals surface area contributed by atoms with Crippen LogP contribution in [0.1, 0.15) is 83.5 Å². The third-order valence-corrected chi connectivity index (χ3v) is 13.4. The number of amides is 2. The Morgan fingerprint density at radius 1 is 0.539 bits per heavy atom. The smallest absolute Gasteiger partial charge is 0.331 e. The molecule has 2 atom stereocenters. The molecule has 0 radical (unpaired) electrons. The maximum Gasteiger partial charge on any atom is 0.331 e. The molecule has 388 valence electrons. The van der Waals surface area contributed by atoms with Crippen molar-refractivity contribution in [2.75, 3.05) is 26.2 Å². The first-order valence-electron chi connectivity index (χ1n) is 24.6. The molecule has 2 fully saturated rings. The fourth-order valence-corrected chi connectivity index (χ4v) is 9.74. The molecule has 12 nitrogen and oxygen atoms in total. The molecule has 8 rings (SSSR count). The van der Waals surface area contributed by atoms with E-state index in [0.717, 1.165) is 12.2 Å². The zero-order valence-corrected chi connectivity index (χ0v) is 42.3. The highest BCUT2D eigenvalue weighted by molar-refractivity contribution is 5.99. The van der Waals surface area contributed by atoms with E-state index in [0.29, 0.717) is 94.7 Å². The Kier molecular flexibility index (Phi) is 15.7. The monoisotopic (exact) mass is 1030 g/mol. The Morgan fingerprint density at radius 3 is 1.25 bits per heavy atom. The van der Waals surface area contributed by atoms with Gasteiger partial charge in [0, 0.05) is 85.5 Å². The number of nitrogens with two attached hydrogens (primary N) is 2. The van der Waals surface area contributed by atoms with Gasteiger partial charge in [0.25, 0.3) is 11.8 Å². The summed E-state index contributed by atoms with van der Waals surface area (Å²) in [6.45, 7) is 8.19. The van der Waals surface area contributed by atoms with Gasteiger partial charge >= 0.3 is 11.9 Å². The molecular weight excluding hydrogens is 977 g/mol. The number of ether oxygens (including phenoxy) is 2. The largest absolute Gasteiger partial charge is 0.456 e. The summed E-state index contributed by atoms with van der Waals surface area (Å²) in [6, 6.07) is 29.8. The molecule has 2 aliphatic rings. The van der Waals surface area contributed by atoms with E-state index in [4.69, 9.17) is 20.9 Å². The van der Waals surface area contributed by atoms with Crippen molar-refractivity contribution >= 4 is 23.8 Å². The van der Waals surface area contributed by atoms with Crippen molar-refractivity contribution in [1.29, 1.82) is 10.5 Å². The van der Waals surface area contributed by atoms with Crippen LogP contribution in [-0.4, -0.2) is 83.0 Å². The second-order valence-electron chi connectivity index (χ2n) is 20.4. The Balaban J connectivity index is 0.914. The van der Waals surface area contributed by atoms with Gasteiger partial charge in [0.1, 0.15) is 46.6 Å². The molecule has 0 bridgehead atoms. The van der Waals surface area contributed by atoms with Crippen LogP contribution in [0.3, 0.4) is 0 Å². The molecule has 6 aromatic rings. The molecule has 0 aromatic heterocycles. The van der Waals surface area contributed by atoms with Gasteiger partial charge in [0.15, 0.2) is 0 Å². The van der Waals surface area contributed by atoms with Crippen molar-refractivity contribution in [3.05, 3.63) is 178 Å². The minimum Gasteiger partial charge on any atom is -0.456 e. The molecule has 2 saturated heterocycles. The van der Waals surface area contributed by atoms with Crippen LogP contribution >= 0.6 is 0 Å². The normalized spacial score (nSPS) is 15.6. The van der Waals surface area contributed by atoms with E-state index in [-0.39, 0.29) is 59.0 Å². The minimum absolute atomic E-state index is 0.0598. The number of halogens is 4. The first-order chi connectivity index (χ1) is 36.1. The summed E-state index contributed by atoms with van der Waals surface area (Å²) in [6.07, 6.45) is 3.25. The van der Waals surface area contributed by atoms with E-state index in [1.165, 1.54) is 60.7 Å². The summed E-state index contributed by atoms with van der Waals surface area (Å²) in [4.78, 5) is 56.2. The number of likely N-dealkylation sites (tertiary alicyclic amines) is 2. The molecule has 2 aliphatic heterocycles. The van der Waals surface area contributed by atoms with Gasteiger partial charge in [-0.3, -0.25) is 9.59 Å². The first kappa shape index (κ1) is 53.8. The SMILES string of the molecule is CC(C)(Cc1ccc(-c2ccc(C(=O)N3CC[C@H](N)C3)cc2-c2ccc(C#N)c(F)c2)c(F)c1)OC(=O)/C=C\C(=O)OC(C)(C)Cc1ccc(-c2ccc(C(=O)N3CC[C@H](N)C3)cc2-c2ccc(C#N)c(F)c2)c(F)c1. The van der Waals surface area contributed by atoms with Crippen LogP contribution in [0.25, 0.3) is 44.5 Å². The van der Waals surface area contributed by atoms with Crippen molar-refractivity contribution in [3.8, 4) is 56.6 Å². The van der Waals surface area contributed by atoms with Crippen LogP contribution in [0.4, 0.5) is 17.6 Å². The number of nitriles is 2. The molecular formula is C60H54F4N6O6. The average molecular weight is 1030 g/mol. The van der Waals surface area contributed by atoms with Gasteiger partial charge in [-0.05, 0) is 146 Å². The van der Waals surface area contributed by atoms with E-state index in [1.54, 1.807) is 98.2 Å². The van der Waals surface area contributed by atoms with E-state index in [2.05, 4.69) is 0 Å². The highest BCUT2D eigenvalue weighted by Crippen LogP contribution is 2.39. The van der Waals surface area contributed by atoms with Gasteiger partial charge < -0.3 is 30.7 Å². The lowest BCUT2D eigenvalue weighted by atomic mass is 9.90. The molecule has 4 N–H and O–H groups in total. The van der Waals surface area contributed by atoms with Crippen LogP contribution < -0.4 is 11.5 Å². The van der Waals surface area contributed by atoms with Crippen molar-refractivity contribution < 1.29 is 46.2 Å². The first-order valence-corrected chi connectivity index (χ1v) is 24.6. The maximum atomic E-state index is 16.2. The summed E-state index contributed by atoms with van der Waals surface area (Å²) in [7, 11) is 0. The molecule has 76 heavy (non-hydrogen) atoms. The van der Waals surface area contributed by atoms with E-state index in [9.17, 15) is 38.5 Å². The molecule has 2 heterocycles. The lowest BCUT2D eigenvalue weighted by Crippen LogP contribution is -2.31. The van der Waals surface area contributed by atoms with Crippen LogP contribution in [-0.2, 0) is 31.9 Å². The Bertz CT molecular complexity index is 3190.